The second kappa shape index (κ2) is 6.56. The topological polar surface area (TPSA) is 53.9 Å². The predicted molar refractivity (Wildman–Crippen MR) is 86.5 cm³/mol. The highest BCUT2D eigenvalue weighted by molar-refractivity contribution is 5.80. The maximum atomic E-state index is 12.2. The van der Waals surface area contributed by atoms with Crippen LogP contribution in [0.25, 0.3) is 0 Å². The molecule has 0 saturated carbocycles. The highest BCUT2D eigenvalue weighted by atomic mass is 19.4. The number of hydrazine groups is 1. The third-order valence-corrected chi connectivity index (χ3v) is 3.68. The molecule has 0 spiro atoms. The largest absolute Gasteiger partial charge is 0.573 e. The maximum Gasteiger partial charge on any atom is 0.573 e. The molecule has 0 bridgehead atoms. The molecule has 8 heteroatoms. The summed E-state index contributed by atoms with van der Waals surface area (Å²) in [6.45, 7) is 1.84. The van der Waals surface area contributed by atoms with Gasteiger partial charge in [0.1, 0.15) is 24.5 Å². The van der Waals surface area contributed by atoms with Crippen molar-refractivity contribution < 1.29 is 22.7 Å². The fourth-order valence-electron chi connectivity index (χ4n) is 2.44. The molecular formula is C17H14F3N3O2. The van der Waals surface area contributed by atoms with Crippen molar-refractivity contribution in [3.8, 4) is 5.75 Å². The smallest absolute Gasteiger partial charge is 0.406 e. The monoisotopic (exact) mass is 349 g/mol. The van der Waals surface area contributed by atoms with Crippen LogP contribution in [0.4, 0.5) is 18.9 Å². The molecular weight excluding hydrogens is 335 g/mol. The molecule has 0 aliphatic carbocycles. The predicted octanol–water partition coefficient (Wildman–Crippen LogP) is 3.76. The van der Waals surface area contributed by atoms with E-state index in [1.54, 1.807) is 23.5 Å². The first-order chi connectivity index (χ1) is 11.9. The average Bonchev–Trinajstić information content (AvgIpc) is 3.04. The molecule has 3 rings (SSSR count). The van der Waals surface area contributed by atoms with Gasteiger partial charge in [0.2, 0.25) is 0 Å². The van der Waals surface area contributed by atoms with Crippen LogP contribution in [-0.4, -0.2) is 19.0 Å². The number of nitrogens with one attached hydrogen (secondary N) is 1. The molecule has 1 N–H and O–H groups in total. The Morgan fingerprint density at radius 3 is 2.52 bits per heavy atom. The Hall–Kier alpha value is -2.87. The van der Waals surface area contributed by atoms with Crippen LogP contribution in [0.5, 0.6) is 5.75 Å². The number of aldehydes is 1. The summed E-state index contributed by atoms with van der Waals surface area (Å²) >= 11 is 0. The average molecular weight is 349 g/mol. The molecule has 2 aromatic carbocycles. The molecule has 0 saturated heterocycles. The number of anilines is 1. The number of alkyl halides is 3. The molecule has 1 unspecified atom stereocenters. The Morgan fingerprint density at radius 2 is 1.92 bits per heavy atom. The van der Waals surface area contributed by atoms with Crippen molar-refractivity contribution in [2.45, 2.75) is 19.5 Å². The van der Waals surface area contributed by atoms with Crippen molar-refractivity contribution in [1.82, 2.24) is 5.43 Å². The van der Waals surface area contributed by atoms with Crippen LogP contribution in [0.15, 0.2) is 47.5 Å². The zero-order valence-electron chi connectivity index (χ0n) is 13.1. The van der Waals surface area contributed by atoms with Crippen molar-refractivity contribution in [2.75, 3.05) is 5.01 Å². The summed E-state index contributed by atoms with van der Waals surface area (Å²) < 4.78 is 40.4. The van der Waals surface area contributed by atoms with Crippen LogP contribution in [0.2, 0.25) is 0 Å². The van der Waals surface area contributed by atoms with E-state index in [1.807, 2.05) is 13.0 Å². The maximum absolute atomic E-state index is 12.2. The van der Waals surface area contributed by atoms with Gasteiger partial charge >= 0.3 is 6.36 Å². The first-order valence-corrected chi connectivity index (χ1v) is 7.36. The lowest BCUT2D eigenvalue weighted by molar-refractivity contribution is -0.274. The van der Waals surface area contributed by atoms with E-state index in [0.717, 1.165) is 17.4 Å². The Balaban J connectivity index is 1.70. The molecule has 1 heterocycles. The second-order valence-electron chi connectivity index (χ2n) is 5.44. The minimum Gasteiger partial charge on any atom is -0.406 e. The van der Waals surface area contributed by atoms with Gasteiger partial charge < -0.3 is 4.74 Å². The number of carbonyl (C=O) groups is 1. The summed E-state index contributed by atoms with van der Waals surface area (Å²) in [5.74, 6) is -0.288. The summed E-state index contributed by atoms with van der Waals surface area (Å²) in [6.07, 6.45) is -2.72. The molecule has 0 amide bonds. The van der Waals surface area contributed by atoms with Crippen molar-refractivity contribution in [1.29, 1.82) is 0 Å². The number of rotatable bonds is 4. The molecule has 0 radical (unpaired) electrons. The van der Waals surface area contributed by atoms with E-state index >= 15 is 0 Å². The summed E-state index contributed by atoms with van der Waals surface area (Å²) in [5, 5.41) is 1.60. The lowest BCUT2D eigenvalue weighted by Crippen LogP contribution is -2.33. The van der Waals surface area contributed by atoms with Gasteiger partial charge in [0.25, 0.3) is 0 Å². The first-order valence-electron chi connectivity index (χ1n) is 7.36. The lowest BCUT2D eigenvalue weighted by atomic mass is 10.0. The molecule has 0 aromatic heterocycles. The van der Waals surface area contributed by atoms with Gasteiger partial charge in [0, 0.05) is 5.56 Å². The summed E-state index contributed by atoms with van der Waals surface area (Å²) in [5.41, 5.74) is 6.06. The van der Waals surface area contributed by atoms with Crippen LogP contribution in [-0.2, 0) is 0 Å². The molecule has 2 aromatic rings. The van der Waals surface area contributed by atoms with Gasteiger partial charge in [-0.1, -0.05) is 18.2 Å². The normalized spacial score (nSPS) is 17.0. The van der Waals surface area contributed by atoms with E-state index in [2.05, 4.69) is 15.2 Å². The van der Waals surface area contributed by atoms with Crippen LogP contribution in [0.3, 0.4) is 0 Å². The Labute approximate surface area is 141 Å². The number of ether oxygens (including phenoxy) is 1. The zero-order valence-corrected chi connectivity index (χ0v) is 13.1. The van der Waals surface area contributed by atoms with E-state index in [0.29, 0.717) is 11.3 Å². The molecule has 130 valence electrons. The Kier molecular flexibility index (Phi) is 4.45. The van der Waals surface area contributed by atoms with E-state index in [9.17, 15) is 18.0 Å². The Bertz CT molecular complexity index is 804. The molecule has 1 atom stereocenters. The number of aliphatic imine (C=N–C) groups is 1. The highest BCUT2D eigenvalue weighted by Gasteiger charge is 2.31. The number of hydrogen-bond donors (Lipinski definition) is 1. The number of benzene rings is 2. The second-order valence-corrected chi connectivity index (χ2v) is 5.44. The van der Waals surface area contributed by atoms with Crippen molar-refractivity contribution in [2.24, 2.45) is 4.99 Å². The first kappa shape index (κ1) is 17.0. The van der Waals surface area contributed by atoms with Gasteiger partial charge in [0.05, 0.1) is 5.69 Å². The highest BCUT2D eigenvalue weighted by Crippen LogP contribution is 2.27. The number of hydrogen-bond acceptors (Lipinski definition) is 5. The minimum absolute atomic E-state index is 0.288. The number of halogens is 3. The SMILES string of the molecule is Cc1cc(C2N=CN(c3ccc(OC(F)(F)F)cc3)N2)ccc1C=O. The number of carbonyl (C=O) groups excluding carboxylic acids is 1. The Morgan fingerprint density at radius 1 is 1.20 bits per heavy atom. The quantitative estimate of drug-likeness (QED) is 0.854. The fraction of sp³-hybridized carbons (Fsp3) is 0.176. The van der Waals surface area contributed by atoms with Crippen LogP contribution in [0, 0.1) is 6.92 Å². The number of aryl methyl sites for hydroxylation is 1. The summed E-state index contributed by atoms with van der Waals surface area (Å²) in [7, 11) is 0. The van der Waals surface area contributed by atoms with Crippen molar-refractivity contribution >= 4 is 18.3 Å². The third kappa shape index (κ3) is 3.97. The standard InChI is InChI=1S/C17H14F3N3O2/c1-11-8-12(2-3-13(11)9-24)16-21-10-23(22-16)14-4-6-15(7-5-14)25-17(18,19)20/h2-10,16,22H,1H3. The molecule has 25 heavy (non-hydrogen) atoms. The summed E-state index contributed by atoms with van der Waals surface area (Å²) in [4.78, 5) is 15.2. The molecule has 0 fully saturated rings. The van der Waals surface area contributed by atoms with Gasteiger partial charge in [-0.15, -0.1) is 13.2 Å². The minimum atomic E-state index is -4.72. The third-order valence-electron chi connectivity index (χ3n) is 3.68. The van der Waals surface area contributed by atoms with Gasteiger partial charge in [-0.25, -0.2) is 4.99 Å². The molecule has 1 aliphatic rings. The van der Waals surface area contributed by atoms with E-state index in [1.165, 1.54) is 24.3 Å². The van der Waals surface area contributed by atoms with Gasteiger partial charge in [0.15, 0.2) is 0 Å². The van der Waals surface area contributed by atoms with Crippen molar-refractivity contribution in [3.05, 3.63) is 59.2 Å². The lowest BCUT2D eigenvalue weighted by Gasteiger charge is -2.19. The van der Waals surface area contributed by atoms with Gasteiger partial charge in [-0.05, 0) is 42.3 Å². The van der Waals surface area contributed by atoms with E-state index < -0.39 is 6.36 Å². The summed E-state index contributed by atoms with van der Waals surface area (Å²) in [6, 6.07) is 10.8. The number of nitrogens with zero attached hydrogens (tertiary/aromatic N) is 2. The van der Waals surface area contributed by atoms with Crippen molar-refractivity contribution in [3.63, 3.8) is 0 Å². The van der Waals surface area contributed by atoms with Gasteiger partial charge in [-0.2, -0.15) is 5.43 Å². The van der Waals surface area contributed by atoms with E-state index in [4.69, 9.17) is 0 Å². The fourth-order valence-corrected chi connectivity index (χ4v) is 2.44. The van der Waals surface area contributed by atoms with Gasteiger partial charge in [-0.3, -0.25) is 9.80 Å². The van der Waals surface area contributed by atoms with Crippen LogP contribution < -0.4 is 15.2 Å². The molecule has 1 aliphatic heterocycles. The van der Waals surface area contributed by atoms with Crippen LogP contribution in [0.1, 0.15) is 27.7 Å². The molecule has 5 nitrogen and oxygen atoms in total. The van der Waals surface area contributed by atoms with E-state index in [-0.39, 0.29) is 11.9 Å². The van der Waals surface area contributed by atoms with Crippen LogP contribution >= 0.6 is 0 Å². The zero-order chi connectivity index (χ0) is 18.0.